The molecule has 2 aromatic heterocycles. The Labute approximate surface area is 192 Å². The van der Waals surface area contributed by atoms with Crippen LogP contribution < -0.4 is 15.4 Å². The summed E-state index contributed by atoms with van der Waals surface area (Å²) >= 11 is 1.52. The minimum Gasteiger partial charge on any atom is -0.457 e. The van der Waals surface area contributed by atoms with Crippen LogP contribution in [0.2, 0.25) is 0 Å². The monoisotopic (exact) mass is 469 g/mol. The molecule has 0 bridgehead atoms. The van der Waals surface area contributed by atoms with Crippen molar-refractivity contribution >= 4 is 53.0 Å². The molecule has 3 rings (SSSR count). The lowest BCUT2D eigenvalue weighted by Gasteiger charge is -2.11. The normalized spacial score (nSPS) is 10.0. The molecule has 162 valence electrons. The van der Waals surface area contributed by atoms with Crippen molar-refractivity contribution in [2.75, 3.05) is 32.5 Å². The van der Waals surface area contributed by atoms with Gasteiger partial charge in [-0.1, -0.05) is 6.07 Å². The Morgan fingerprint density at radius 1 is 1.17 bits per heavy atom. The molecule has 0 spiro atoms. The second-order valence-corrected chi connectivity index (χ2v) is 7.34. The molecule has 0 radical (unpaired) electrons. The Hall–Kier alpha value is -2.39. The first-order valence-electron chi connectivity index (χ1n) is 8.85. The SMILES string of the molecule is Cc1csc(Nc2cc(Oc3cccc(C(=O)NCCN(C)C)c3)ccn2)n1.Cl.Cl. The van der Waals surface area contributed by atoms with Gasteiger partial charge in [0, 0.05) is 36.3 Å². The Balaban J connectivity index is 0.00000225. The number of nitrogens with one attached hydrogen (secondary N) is 2. The van der Waals surface area contributed by atoms with Gasteiger partial charge in [-0.05, 0) is 45.3 Å². The van der Waals surface area contributed by atoms with Crippen LogP contribution >= 0.6 is 36.2 Å². The summed E-state index contributed by atoms with van der Waals surface area (Å²) in [5.41, 5.74) is 1.52. The number of anilines is 2. The third kappa shape index (κ3) is 7.79. The van der Waals surface area contributed by atoms with Gasteiger partial charge in [0.05, 0.1) is 5.69 Å². The zero-order valence-corrected chi connectivity index (χ0v) is 19.4. The Bertz CT molecular complexity index is 952. The molecule has 10 heteroatoms. The third-order valence-electron chi connectivity index (χ3n) is 3.76. The number of pyridine rings is 1. The quantitative estimate of drug-likeness (QED) is 0.504. The summed E-state index contributed by atoms with van der Waals surface area (Å²) in [6.07, 6.45) is 1.66. The van der Waals surface area contributed by atoms with E-state index in [1.54, 1.807) is 36.5 Å². The number of thiazole rings is 1. The maximum Gasteiger partial charge on any atom is 0.251 e. The van der Waals surface area contributed by atoms with Crippen LogP contribution in [0, 0.1) is 6.92 Å². The molecule has 0 saturated carbocycles. The Morgan fingerprint density at radius 3 is 2.63 bits per heavy atom. The highest BCUT2D eigenvalue weighted by atomic mass is 35.5. The van der Waals surface area contributed by atoms with Crippen molar-refractivity contribution in [2.24, 2.45) is 0 Å². The number of carbonyl (C=O) groups excluding carboxylic acids is 1. The van der Waals surface area contributed by atoms with E-state index < -0.39 is 0 Å². The highest BCUT2D eigenvalue weighted by Gasteiger charge is 2.08. The van der Waals surface area contributed by atoms with Crippen LogP contribution in [0.4, 0.5) is 10.9 Å². The molecular weight excluding hydrogens is 445 g/mol. The molecule has 2 heterocycles. The highest BCUT2D eigenvalue weighted by Crippen LogP contribution is 2.26. The first-order chi connectivity index (χ1) is 13.5. The fourth-order valence-electron chi connectivity index (χ4n) is 2.40. The summed E-state index contributed by atoms with van der Waals surface area (Å²) in [5, 5.41) is 8.81. The van der Waals surface area contributed by atoms with Gasteiger partial charge in [0.1, 0.15) is 17.3 Å². The van der Waals surface area contributed by atoms with Crippen molar-refractivity contribution in [3.05, 3.63) is 59.2 Å². The van der Waals surface area contributed by atoms with Crippen molar-refractivity contribution in [2.45, 2.75) is 6.92 Å². The van der Waals surface area contributed by atoms with Gasteiger partial charge in [0.15, 0.2) is 5.13 Å². The van der Waals surface area contributed by atoms with Gasteiger partial charge in [-0.3, -0.25) is 4.79 Å². The van der Waals surface area contributed by atoms with Crippen molar-refractivity contribution in [3.8, 4) is 11.5 Å². The van der Waals surface area contributed by atoms with Crippen molar-refractivity contribution in [3.63, 3.8) is 0 Å². The molecule has 0 saturated heterocycles. The van der Waals surface area contributed by atoms with Gasteiger partial charge >= 0.3 is 0 Å². The molecule has 0 aliphatic rings. The molecule has 30 heavy (non-hydrogen) atoms. The van der Waals surface area contributed by atoms with Crippen molar-refractivity contribution < 1.29 is 9.53 Å². The number of hydrogen-bond acceptors (Lipinski definition) is 7. The van der Waals surface area contributed by atoms with Crippen LogP contribution in [0.5, 0.6) is 11.5 Å². The fourth-order valence-corrected chi connectivity index (χ4v) is 3.09. The zero-order chi connectivity index (χ0) is 19.9. The number of ether oxygens (including phenoxy) is 1. The number of amides is 1. The van der Waals surface area contributed by atoms with Crippen molar-refractivity contribution in [1.29, 1.82) is 0 Å². The lowest BCUT2D eigenvalue weighted by molar-refractivity contribution is 0.0950. The minimum atomic E-state index is -0.122. The minimum absolute atomic E-state index is 0. The average Bonchev–Trinajstić information content (AvgIpc) is 3.06. The predicted octanol–water partition coefficient (Wildman–Crippen LogP) is 4.52. The fraction of sp³-hybridized carbons (Fsp3) is 0.250. The van der Waals surface area contributed by atoms with Crippen LogP contribution in [0.25, 0.3) is 0 Å². The van der Waals surface area contributed by atoms with Gasteiger partial charge in [-0.25, -0.2) is 9.97 Å². The number of hydrogen-bond donors (Lipinski definition) is 2. The molecule has 3 aromatic rings. The summed E-state index contributed by atoms with van der Waals surface area (Å²) in [4.78, 5) is 22.9. The topological polar surface area (TPSA) is 79.4 Å². The number of likely N-dealkylation sites (N-methyl/N-ethyl adjacent to an activating group) is 1. The molecule has 2 N–H and O–H groups in total. The Kier molecular flexibility index (Phi) is 10.5. The second-order valence-electron chi connectivity index (χ2n) is 6.48. The van der Waals surface area contributed by atoms with E-state index in [9.17, 15) is 4.79 Å². The standard InChI is InChI=1S/C20H23N5O2S.2ClH/c1-14-13-28-20(23-14)24-18-12-17(7-8-21-18)27-16-6-4-5-15(11-16)19(26)22-9-10-25(2)3;;/h4-8,11-13H,9-10H2,1-3H3,(H,22,26)(H,21,23,24);2*1H. The number of halogens is 2. The maximum atomic E-state index is 12.3. The largest absolute Gasteiger partial charge is 0.457 e. The van der Waals surface area contributed by atoms with Gasteiger partial charge in [0.25, 0.3) is 5.91 Å². The number of rotatable bonds is 8. The second kappa shape index (κ2) is 12.3. The van der Waals surface area contributed by atoms with Gasteiger partial charge < -0.3 is 20.3 Å². The third-order valence-corrected chi connectivity index (χ3v) is 4.64. The van der Waals surface area contributed by atoms with Crippen LogP contribution in [0.3, 0.4) is 0 Å². The zero-order valence-electron chi connectivity index (χ0n) is 16.9. The number of benzene rings is 1. The van der Waals surface area contributed by atoms with Crippen LogP contribution in [0.15, 0.2) is 48.0 Å². The molecule has 0 aliphatic heterocycles. The Morgan fingerprint density at radius 2 is 1.93 bits per heavy atom. The maximum absolute atomic E-state index is 12.3. The number of nitrogens with zero attached hydrogens (tertiary/aromatic N) is 3. The number of aromatic nitrogens is 2. The lowest BCUT2D eigenvalue weighted by Crippen LogP contribution is -2.31. The van der Waals surface area contributed by atoms with E-state index in [1.807, 2.05) is 37.4 Å². The van der Waals surface area contributed by atoms with E-state index >= 15 is 0 Å². The highest BCUT2D eigenvalue weighted by molar-refractivity contribution is 7.13. The van der Waals surface area contributed by atoms with Crippen LogP contribution in [-0.4, -0.2) is 48.0 Å². The molecular formula is C20H25Cl2N5O2S. The summed E-state index contributed by atoms with van der Waals surface area (Å²) in [7, 11) is 3.93. The molecule has 1 amide bonds. The van der Waals surface area contributed by atoms with E-state index in [4.69, 9.17) is 4.74 Å². The number of aryl methyl sites for hydroxylation is 1. The van der Waals surface area contributed by atoms with Gasteiger partial charge in [-0.2, -0.15) is 0 Å². The smallest absolute Gasteiger partial charge is 0.251 e. The van der Waals surface area contributed by atoms with E-state index in [2.05, 4.69) is 20.6 Å². The molecule has 0 atom stereocenters. The predicted molar refractivity (Wildman–Crippen MR) is 126 cm³/mol. The molecule has 0 fully saturated rings. The van der Waals surface area contributed by atoms with Gasteiger partial charge in [0.2, 0.25) is 0 Å². The van der Waals surface area contributed by atoms with E-state index in [-0.39, 0.29) is 30.7 Å². The molecule has 1 aromatic carbocycles. The summed E-state index contributed by atoms with van der Waals surface area (Å²) in [6.45, 7) is 3.32. The van der Waals surface area contributed by atoms with E-state index in [0.29, 0.717) is 29.4 Å². The summed E-state index contributed by atoms with van der Waals surface area (Å²) < 4.78 is 5.91. The van der Waals surface area contributed by atoms with E-state index in [1.165, 1.54) is 11.3 Å². The van der Waals surface area contributed by atoms with Crippen LogP contribution in [0.1, 0.15) is 16.1 Å². The summed E-state index contributed by atoms with van der Waals surface area (Å²) in [5.74, 6) is 1.73. The van der Waals surface area contributed by atoms with E-state index in [0.717, 1.165) is 17.4 Å². The van der Waals surface area contributed by atoms with Crippen LogP contribution in [-0.2, 0) is 0 Å². The van der Waals surface area contributed by atoms with Crippen molar-refractivity contribution in [1.82, 2.24) is 20.2 Å². The first-order valence-corrected chi connectivity index (χ1v) is 9.73. The average molecular weight is 470 g/mol. The van der Waals surface area contributed by atoms with Gasteiger partial charge in [-0.15, -0.1) is 36.2 Å². The molecule has 0 unspecified atom stereocenters. The lowest BCUT2D eigenvalue weighted by atomic mass is 10.2. The first kappa shape index (κ1) is 25.6. The molecule has 7 nitrogen and oxygen atoms in total. The molecule has 0 aliphatic carbocycles. The number of carbonyl (C=O) groups is 1. The summed E-state index contributed by atoms with van der Waals surface area (Å²) in [6, 6.07) is 10.7.